The Bertz CT molecular complexity index is 352. The maximum atomic E-state index is 10.7. The van der Waals surface area contributed by atoms with Gasteiger partial charge < -0.3 is 15.6 Å². The van der Waals surface area contributed by atoms with E-state index in [9.17, 15) is 4.79 Å². The largest absolute Gasteiger partial charge is 0.494 e. The Morgan fingerprint density at radius 3 is 2.88 bits per heavy atom. The van der Waals surface area contributed by atoms with Crippen molar-refractivity contribution in [3.63, 3.8) is 0 Å². The Morgan fingerprint density at radius 2 is 2.31 bits per heavy atom. The second-order valence-corrected chi connectivity index (χ2v) is 3.54. The van der Waals surface area contributed by atoms with Crippen LogP contribution in [0.4, 0.5) is 0 Å². The average Bonchev–Trinajstić information content (AvgIpc) is 2.26. The van der Waals surface area contributed by atoms with E-state index in [0.29, 0.717) is 13.2 Å². The van der Waals surface area contributed by atoms with Gasteiger partial charge in [-0.05, 0) is 31.2 Å². The summed E-state index contributed by atoms with van der Waals surface area (Å²) >= 11 is 0. The molecule has 0 radical (unpaired) electrons. The van der Waals surface area contributed by atoms with E-state index in [-0.39, 0.29) is 12.3 Å². The van der Waals surface area contributed by atoms with Crippen LogP contribution in [0.5, 0.6) is 5.75 Å². The van der Waals surface area contributed by atoms with Gasteiger partial charge in [-0.15, -0.1) is 0 Å². The number of carboxylic acid groups (broad SMARTS) is 1. The summed E-state index contributed by atoms with van der Waals surface area (Å²) in [6.07, 6.45) is 0.0477. The van der Waals surface area contributed by atoms with Crippen molar-refractivity contribution in [3.05, 3.63) is 29.8 Å². The van der Waals surface area contributed by atoms with Crippen molar-refractivity contribution in [2.24, 2.45) is 5.73 Å². The van der Waals surface area contributed by atoms with Gasteiger partial charge in [0.25, 0.3) is 0 Å². The third-order valence-electron chi connectivity index (χ3n) is 2.35. The lowest BCUT2D eigenvalue weighted by atomic mass is 9.96. The Hall–Kier alpha value is -1.55. The van der Waals surface area contributed by atoms with Crippen molar-refractivity contribution >= 4 is 5.97 Å². The second kappa shape index (κ2) is 6.12. The van der Waals surface area contributed by atoms with Crippen molar-refractivity contribution in [1.29, 1.82) is 0 Å². The van der Waals surface area contributed by atoms with E-state index in [1.807, 2.05) is 31.2 Å². The maximum Gasteiger partial charge on any atom is 0.304 e. The molecule has 0 aliphatic carbocycles. The molecule has 0 bridgehead atoms. The molecule has 0 aliphatic rings. The summed E-state index contributed by atoms with van der Waals surface area (Å²) in [7, 11) is 0. The molecule has 16 heavy (non-hydrogen) atoms. The summed E-state index contributed by atoms with van der Waals surface area (Å²) in [6.45, 7) is 2.82. The van der Waals surface area contributed by atoms with Crippen LogP contribution in [0.3, 0.4) is 0 Å². The molecule has 0 spiro atoms. The van der Waals surface area contributed by atoms with Gasteiger partial charge in [0.05, 0.1) is 13.0 Å². The van der Waals surface area contributed by atoms with Crippen molar-refractivity contribution in [2.45, 2.75) is 19.3 Å². The Morgan fingerprint density at radius 1 is 1.56 bits per heavy atom. The van der Waals surface area contributed by atoms with Gasteiger partial charge in [0, 0.05) is 5.92 Å². The molecule has 0 saturated heterocycles. The Kier molecular flexibility index (Phi) is 4.79. The lowest BCUT2D eigenvalue weighted by molar-refractivity contribution is -0.137. The van der Waals surface area contributed by atoms with E-state index in [2.05, 4.69) is 0 Å². The highest BCUT2D eigenvalue weighted by atomic mass is 16.5. The Labute approximate surface area is 95.0 Å². The minimum absolute atomic E-state index is 0.0477. The molecular weight excluding hydrogens is 206 g/mol. The number of nitrogens with two attached hydrogens (primary N) is 1. The summed E-state index contributed by atoms with van der Waals surface area (Å²) in [4.78, 5) is 10.7. The maximum absolute atomic E-state index is 10.7. The van der Waals surface area contributed by atoms with Crippen LogP contribution in [0.2, 0.25) is 0 Å². The zero-order chi connectivity index (χ0) is 12.0. The molecule has 0 heterocycles. The average molecular weight is 223 g/mol. The summed E-state index contributed by atoms with van der Waals surface area (Å²) in [5.74, 6) is -0.237. The molecule has 1 aromatic rings. The van der Waals surface area contributed by atoms with Crippen LogP contribution in [-0.4, -0.2) is 24.2 Å². The SMILES string of the molecule is CCOc1cccc(C(CN)CC(=O)O)c1. The van der Waals surface area contributed by atoms with Crippen LogP contribution in [-0.2, 0) is 4.79 Å². The standard InChI is InChI=1S/C12H17NO3/c1-2-16-11-5-3-4-9(6-11)10(8-13)7-12(14)15/h3-6,10H,2,7-8,13H2,1H3,(H,14,15). The third-order valence-corrected chi connectivity index (χ3v) is 2.35. The minimum atomic E-state index is -0.836. The van der Waals surface area contributed by atoms with Crippen LogP contribution < -0.4 is 10.5 Å². The molecule has 0 aliphatic heterocycles. The van der Waals surface area contributed by atoms with Gasteiger partial charge >= 0.3 is 5.97 Å². The minimum Gasteiger partial charge on any atom is -0.494 e. The quantitative estimate of drug-likeness (QED) is 0.768. The van der Waals surface area contributed by atoms with Gasteiger partial charge in [0.1, 0.15) is 5.75 Å². The first-order valence-electron chi connectivity index (χ1n) is 5.32. The smallest absolute Gasteiger partial charge is 0.304 e. The zero-order valence-corrected chi connectivity index (χ0v) is 9.35. The van der Waals surface area contributed by atoms with Gasteiger partial charge in [0.2, 0.25) is 0 Å². The predicted molar refractivity (Wildman–Crippen MR) is 61.7 cm³/mol. The van der Waals surface area contributed by atoms with Crippen molar-refractivity contribution < 1.29 is 14.6 Å². The molecule has 1 atom stereocenters. The molecule has 1 aromatic carbocycles. The van der Waals surface area contributed by atoms with Gasteiger partial charge in [-0.3, -0.25) is 4.79 Å². The number of ether oxygens (including phenoxy) is 1. The molecule has 3 N–H and O–H groups in total. The van der Waals surface area contributed by atoms with Crippen LogP contribution in [0, 0.1) is 0 Å². The van der Waals surface area contributed by atoms with Crippen molar-refractivity contribution in [1.82, 2.24) is 0 Å². The molecule has 88 valence electrons. The van der Waals surface area contributed by atoms with Crippen LogP contribution in [0.15, 0.2) is 24.3 Å². The fourth-order valence-electron chi connectivity index (χ4n) is 1.57. The van der Waals surface area contributed by atoms with E-state index in [4.69, 9.17) is 15.6 Å². The molecular formula is C12H17NO3. The van der Waals surface area contributed by atoms with Crippen LogP contribution in [0.25, 0.3) is 0 Å². The number of hydrogen-bond acceptors (Lipinski definition) is 3. The van der Waals surface area contributed by atoms with E-state index in [1.54, 1.807) is 0 Å². The number of benzene rings is 1. The number of aliphatic carboxylic acids is 1. The number of carboxylic acids is 1. The summed E-state index contributed by atoms with van der Waals surface area (Å²) < 4.78 is 5.36. The zero-order valence-electron chi connectivity index (χ0n) is 9.35. The number of rotatable bonds is 6. The lowest BCUT2D eigenvalue weighted by Gasteiger charge is -2.14. The fraction of sp³-hybridized carbons (Fsp3) is 0.417. The van der Waals surface area contributed by atoms with E-state index in [0.717, 1.165) is 11.3 Å². The molecule has 1 rings (SSSR count). The third kappa shape index (κ3) is 3.55. The molecule has 4 heteroatoms. The molecule has 0 fully saturated rings. The van der Waals surface area contributed by atoms with E-state index >= 15 is 0 Å². The highest BCUT2D eigenvalue weighted by Crippen LogP contribution is 2.22. The van der Waals surface area contributed by atoms with Gasteiger partial charge in [-0.1, -0.05) is 12.1 Å². The van der Waals surface area contributed by atoms with Gasteiger partial charge in [-0.25, -0.2) is 0 Å². The summed E-state index contributed by atoms with van der Waals surface area (Å²) in [6, 6.07) is 7.43. The second-order valence-electron chi connectivity index (χ2n) is 3.54. The molecule has 0 amide bonds. The molecule has 4 nitrogen and oxygen atoms in total. The normalized spacial score (nSPS) is 12.1. The highest BCUT2D eigenvalue weighted by molar-refractivity contribution is 5.68. The Balaban J connectivity index is 2.83. The molecule has 0 saturated carbocycles. The summed E-state index contributed by atoms with van der Waals surface area (Å²) in [5, 5.41) is 8.76. The fourth-order valence-corrected chi connectivity index (χ4v) is 1.57. The van der Waals surface area contributed by atoms with Gasteiger partial charge in [0.15, 0.2) is 0 Å². The first kappa shape index (κ1) is 12.5. The van der Waals surface area contributed by atoms with Crippen LogP contribution in [0.1, 0.15) is 24.8 Å². The van der Waals surface area contributed by atoms with E-state index < -0.39 is 5.97 Å². The monoisotopic (exact) mass is 223 g/mol. The van der Waals surface area contributed by atoms with Crippen LogP contribution >= 0.6 is 0 Å². The first-order chi connectivity index (χ1) is 7.67. The van der Waals surface area contributed by atoms with Crippen molar-refractivity contribution in [3.8, 4) is 5.75 Å². The molecule has 0 aromatic heterocycles. The predicted octanol–water partition coefficient (Wildman–Crippen LogP) is 1.60. The lowest BCUT2D eigenvalue weighted by Crippen LogP contribution is -2.16. The van der Waals surface area contributed by atoms with Crippen molar-refractivity contribution in [2.75, 3.05) is 13.2 Å². The molecule has 1 unspecified atom stereocenters. The summed E-state index contributed by atoms with van der Waals surface area (Å²) in [5.41, 5.74) is 6.49. The first-order valence-corrected chi connectivity index (χ1v) is 5.32. The number of carbonyl (C=O) groups is 1. The topological polar surface area (TPSA) is 72.5 Å². The number of hydrogen-bond donors (Lipinski definition) is 2. The highest BCUT2D eigenvalue weighted by Gasteiger charge is 2.14. The van der Waals surface area contributed by atoms with Gasteiger partial charge in [-0.2, -0.15) is 0 Å². The van der Waals surface area contributed by atoms with E-state index in [1.165, 1.54) is 0 Å².